The number of benzene rings is 1. The number of hydrogen-bond donors (Lipinski definition) is 0. The van der Waals surface area contributed by atoms with Gasteiger partial charge in [0.15, 0.2) is 5.78 Å². The SMILES string of the molecule is CCOC(=O)C(=O)C(C)C(=O)c1ccc(OCC(C)C)cc1. The van der Waals surface area contributed by atoms with E-state index in [0.29, 0.717) is 23.8 Å². The van der Waals surface area contributed by atoms with Crippen molar-refractivity contribution in [3.63, 3.8) is 0 Å². The summed E-state index contributed by atoms with van der Waals surface area (Å²) in [5, 5.41) is 0. The van der Waals surface area contributed by atoms with Crippen molar-refractivity contribution in [3.05, 3.63) is 29.8 Å². The number of carbonyl (C=O) groups excluding carboxylic acids is 3. The minimum atomic E-state index is -1.05. The molecule has 5 heteroatoms. The van der Waals surface area contributed by atoms with Crippen molar-refractivity contribution in [2.24, 2.45) is 11.8 Å². The first kappa shape index (κ1) is 17.9. The van der Waals surface area contributed by atoms with Crippen LogP contribution in [0.5, 0.6) is 5.75 Å². The van der Waals surface area contributed by atoms with Gasteiger partial charge in [0.05, 0.1) is 19.1 Å². The van der Waals surface area contributed by atoms with E-state index in [2.05, 4.69) is 4.74 Å². The van der Waals surface area contributed by atoms with E-state index in [1.54, 1.807) is 31.2 Å². The highest BCUT2D eigenvalue weighted by molar-refractivity contribution is 6.39. The molecule has 0 saturated carbocycles. The molecule has 0 amide bonds. The van der Waals surface area contributed by atoms with Crippen LogP contribution in [-0.2, 0) is 14.3 Å². The Morgan fingerprint density at radius 1 is 1.05 bits per heavy atom. The van der Waals surface area contributed by atoms with Crippen molar-refractivity contribution < 1.29 is 23.9 Å². The Kier molecular flexibility index (Phi) is 6.76. The lowest BCUT2D eigenvalue weighted by Gasteiger charge is -2.11. The lowest BCUT2D eigenvalue weighted by atomic mass is 9.95. The zero-order chi connectivity index (χ0) is 16.7. The van der Waals surface area contributed by atoms with Gasteiger partial charge in [-0.15, -0.1) is 0 Å². The van der Waals surface area contributed by atoms with E-state index < -0.39 is 23.5 Å². The molecule has 1 atom stereocenters. The van der Waals surface area contributed by atoms with Crippen LogP contribution >= 0.6 is 0 Å². The number of ketones is 2. The topological polar surface area (TPSA) is 69.7 Å². The van der Waals surface area contributed by atoms with Crippen LogP contribution in [0.4, 0.5) is 0 Å². The van der Waals surface area contributed by atoms with E-state index in [1.807, 2.05) is 13.8 Å². The van der Waals surface area contributed by atoms with Gasteiger partial charge in [-0.05, 0) is 44.0 Å². The molecule has 0 bridgehead atoms. The molecule has 0 spiro atoms. The Morgan fingerprint density at radius 2 is 1.64 bits per heavy atom. The molecule has 1 rings (SSSR count). The van der Waals surface area contributed by atoms with Gasteiger partial charge in [-0.2, -0.15) is 0 Å². The van der Waals surface area contributed by atoms with Gasteiger partial charge >= 0.3 is 5.97 Å². The molecule has 0 fully saturated rings. The molecule has 1 aromatic carbocycles. The average molecular weight is 306 g/mol. The molecule has 0 aliphatic carbocycles. The van der Waals surface area contributed by atoms with Gasteiger partial charge in [-0.25, -0.2) is 4.79 Å². The second kappa shape index (κ2) is 8.32. The molecular weight excluding hydrogens is 284 g/mol. The number of rotatable bonds is 8. The third-order valence-corrected chi connectivity index (χ3v) is 2.99. The highest BCUT2D eigenvalue weighted by Gasteiger charge is 2.29. The first-order valence-electron chi connectivity index (χ1n) is 7.34. The van der Waals surface area contributed by atoms with E-state index in [0.717, 1.165) is 0 Å². The first-order chi connectivity index (χ1) is 10.4. The number of esters is 1. The van der Waals surface area contributed by atoms with Gasteiger partial charge in [0, 0.05) is 5.56 Å². The number of ether oxygens (including phenoxy) is 2. The third-order valence-electron chi connectivity index (χ3n) is 2.99. The lowest BCUT2D eigenvalue weighted by Crippen LogP contribution is -2.29. The van der Waals surface area contributed by atoms with Gasteiger partial charge in [0.2, 0.25) is 0 Å². The Hall–Kier alpha value is -2.17. The van der Waals surface area contributed by atoms with Crippen LogP contribution in [0.3, 0.4) is 0 Å². The summed E-state index contributed by atoms with van der Waals surface area (Å²) in [7, 11) is 0. The second-order valence-electron chi connectivity index (χ2n) is 5.40. The predicted octanol–water partition coefficient (Wildman–Crippen LogP) is 2.67. The summed E-state index contributed by atoms with van der Waals surface area (Å²) < 4.78 is 10.2. The van der Waals surface area contributed by atoms with Gasteiger partial charge < -0.3 is 9.47 Å². The fraction of sp³-hybridized carbons (Fsp3) is 0.471. The summed E-state index contributed by atoms with van der Waals surface area (Å²) in [6.45, 7) is 7.79. The monoisotopic (exact) mass is 306 g/mol. The molecule has 0 saturated heterocycles. The van der Waals surface area contributed by atoms with Crippen molar-refractivity contribution in [2.75, 3.05) is 13.2 Å². The molecule has 0 heterocycles. The van der Waals surface area contributed by atoms with Gasteiger partial charge in [-0.3, -0.25) is 9.59 Å². The van der Waals surface area contributed by atoms with Crippen LogP contribution in [0.25, 0.3) is 0 Å². The molecule has 0 radical (unpaired) electrons. The molecule has 0 N–H and O–H groups in total. The highest BCUT2D eigenvalue weighted by Crippen LogP contribution is 2.16. The van der Waals surface area contributed by atoms with Crippen LogP contribution in [0.1, 0.15) is 38.1 Å². The van der Waals surface area contributed by atoms with Crippen LogP contribution in [0.2, 0.25) is 0 Å². The minimum Gasteiger partial charge on any atom is -0.493 e. The first-order valence-corrected chi connectivity index (χ1v) is 7.34. The molecular formula is C17H22O5. The standard InChI is InChI=1S/C17H22O5/c1-5-21-17(20)16(19)12(4)15(18)13-6-8-14(9-7-13)22-10-11(2)3/h6-9,11-12H,5,10H2,1-4H3. The van der Waals surface area contributed by atoms with Crippen molar-refractivity contribution in [1.82, 2.24) is 0 Å². The molecule has 1 aromatic rings. The normalized spacial score (nSPS) is 11.9. The van der Waals surface area contributed by atoms with Crippen molar-refractivity contribution in [2.45, 2.75) is 27.7 Å². The van der Waals surface area contributed by atoms with Crippen LogP contribution in [0.15, 0.2) is 24.3 Å². The number of Topliss-reactive ketones (excluding diaryl/α,β-unsaturated/α-hetero) is 2. The van der Waals surface area contributed by atoms with Gasteiger partial charge in [0.1, 0.15) is 5.75 Å². The van der Waals surface area contributed by atoms with Crippen molar-refractivity contribution in [1.29, 1.82) is 0 Å². The zero-order valence-electron chi connectivity index (χ0n) is 13.4. The zero-order valence-corrected chi connectivity index (χ0v) is 13.4. The maximum atomic E-state index is 12.2. The third kappa shape index (κ3) is 4.98. The summed E-state index contributed by atoms with van der Waals surface area (Å²) in [5.41, 5.74) is 0.363. The average Bonchev–Trinajstić information content (AvgIpc) is 2.51. The number of hydrogen-bond acceptors (Lipinski definition) is 5. The fourth-order valence-corrected chi connectivity index (χ4v) is 1.73. The molecule has 0 aliphatic rings. The van der Waals surface area contributed by atoms with Crippen LogP contribution < -0.4 is 4.74 Å². The van der Waals surface area contributed by atoms with E-state index in [-0.39, 0.29) is 6.61 Å². The molecule has 120 valence electrons. The largest absolute Gasteiger partial charge is 0.493 e. The minimum absolute atomic E-state index is 0.105. The van der Waals surface area contributed by atoms with E-state index in [9.17, 15) is 14.4 Å². The van der Waals surface area contributed by atoms with E-state index in [1.165, 1.54) is 6.92 Å². The van der Waals surface area contributed by atoms with Crippen LogP contribution in [0, 0.1) is 11.8 Å². The Labute approximate surface area is 130 Å². The maximum absolute atomic E-state index is 12.2. The Bertz CT molecular complexity index is 530. The smallest absolute Gasteiger partial charge is 0.375 e. The summed E-state index contributed by atoms with van der Waals surface area (Å²) in [5.74, 6) is -2.19. The van der Waals surface area contributed by atoms with Gasteiger partial charge in [-0.1, -0.05) is 13.8 Å². The van der Waals surface area contributed by atoms with Crippen LogP contribution in [-0.4, -0.2) is 30.7 Å². The number of carbonyl (C=O) groups is 3. The summed E-state index contributed by atoms with van der Waals surface area (Å²) in [6, 6.07) is 6.54. The maximum Gasteiger partial charge on any atom is 0.375 e. The summed E-state index contributed by atoms with van der Waals surface area (Å²) >= 11 is 0. The Balaban J connectivity index is 2.72. The van der Waals surface area contributed by atoms with Crippen molar-refractivity contribution >= 4 is 17.5 Å². The predicted molar refractivity (Wildman–Crippen MR) is 81.9 cm³/mol. The van der Waals surface area contributed by atoms with E-state index in [4.69, 9.17) is 4.74 Å². The summed E-state index contributed by atoms with van der Waals surface area (Å²) in [6.07, 6.45) is 0. The van der Waals surface area contributed by atoms with Gasteiger partial charge in [0.25, 0.3) is 5.78 Å². The molecule has 0 aromatic heterocycles. The molecule has 5 nitrogen and oxygen atoms in total. The second-order valence-corrected chi connectivity index (χ2v) is 5.40. The molecule has 22 heavy (non-hydrogen) atoms. The fourth-order valence-electron chi connectivity index (χ4n) is 1.73. The molecule has 1 unspecified atom stereocenters. The van der Waals surface area contributed by atoms with E-state index >= 15 is 0 Å². The molecule has 0 aliphatic heterocycles. The highest BCUT2D eigenvalue weighted by atomic mass is 16.5. The lowest BCUT2D eigenvalue weighted by molar-refractivity contribution is -0.154. The summed E-state index contributed by atoms with van der Waals surface area (Å²) in [4.78, 5) is 35.4. The quantitative estimate of drug-likeness (QED) is 0.320. The van der Waals surface area contributed by atoms with Crippen molar-refractivity contribution in [3.8, 4) is 5.75 Å². The Morgan fingerprint density at radius 3 is 2.14 bits per heavy atom.